The maximum atomic E-state index is 14.0. The average molecular weight is 565 g/mol. The van der Waals surface area contributed by atoms with Crippen LogP contribution in [0.3, 0.4) is 0 Å². The molecule has 9 heteroatoms. The largest absolute Gasteiger partial charge is 0.332 e. The quantitative estimate of drug-likeness (QED) is 0.213. The number of ketones is 1. The summed E-state index contributed by atoms with van der Waals surface area (Å²) in [5.41, 5.74) is 4.92. The molecule has 0 bridgehead atoms. The van der Waals surface area contributed by atoms with Crippen molar-refractivity contribution < 1.29 is 14.0 Å². The van der Waals surface area contributed by atoms with Crippen LogP contribution in [0.25, 0.3) is 27.8 Å². The molecule has 2 aliphatic rings. The number of rotatable bonds is 9. The normalized spacial score (nSPS) is 17.0. The first-order chi connectivity index (χ1) is 20.5. The van der Waals surface area contributed by atoms with Gasteiger partial charge in [0.25, 0.3) is 5.91 Å². The number of aromatic nitrogens is 5. The number of carbonyl (C=O) groups is 2. The SMILES string of the molecule is CCn1cc(C(=O)N2CCC[C@H]2c2ccc(F)cc2)c2cc(-c3ccn4nc(CCCC(=O)C5CC5)nc4c3)cnc21. The monoisotopic (exact) mass is 564 g/mol. The number of aryl methyl sites for hydroxylation is 2. The number of carbonyl (C=O) groups excluding carboxylic acids is 2. The molecule has 1 saturated heterocycles. The molecule has 0 radical (unpaired) electrons. The summed E-state index contributed by atoms with van der Waals surface area (Å²) in [4.78, 5) is 37.4. The standard InChI is InChI=1S/C33H33FN6O2/c1-2-38-20-27(33(42)39-15-4-5-28(39)21-10-12-25(34)13-11-21)26-17-24(19-35-32(26)38)23-14-16-40-31(18-23)36-30(37-40)7-3-6-29(41)22-8-9-22/h10-14,16-20,22,28H,2-9,15H2,1H3/t28-/m0/s1. The predicted molar refractivity (Wildman–Crippen MR) is 157 cm³/mol. The Kier molecular flexibility index (Phi) is 6.80. The van der Waals surface area contributed by atoms with Crippen LogP contribution in [0.2, 0.25) is 0 Å². The molecule has 5 aromatic rings. The van der Waals surface area contributed by atoms with Crippen LogP contribution in [0.1, 0.15) is 73.2 Å². The fraction of sp³-hybridized carbons (Fsp3) is 0.364. The average Bonchev–Trinajstić information content (AvgIpc) is 3.43. The van der Waals surface area contributed by atoms with E-state index in [0.717, 1.165) is 71.3 Å². The molecule has 1 aliphatic heterocycles. The zero-order chi connectivity index (χ0) is 28.8. The lowest BCUT2D eigenvalue weighted by Crippen LogP contribution is -2.30. The third kappa shape index (κ3) is 4.97. The number of fused-ring (bicyclic) bond motifs is 2. The van der Waals surface area contributed by atoms with E-state index in [1.54, 1.807) is 16.6 Å². The molecule has 8 nitrogen and oxygen atoms in total. The molecule has 0 spiro atoms. The second-order valence-electron chi connectivity index (χ2n) is 11.5. The second kappa shape index (κ2) is 10.8. The molecule has 1 aromatic carbocycles. The van der Waals surface area contributed by atoms with Gasteiger partial charge in [0.05, 0.1) is 11.6 Å². The van der Waals surface area contributed by atoms with Crippen molar-refractivity contribution in [2.75, 3.05) is 6.54 Å². The van der Waals surface area contributed by atoms with Crippen LogP contribution in [0.15, 0.2) is 61.1 Å². The first-order valence-electron chi connectivity index (χ1n) is 14.9. The fourth-order valence-corrected chi connectivity index (χ4v) is 6.18. The van der Waals surface area contributed by atoms with Gasteiger partial charge >= 0.3 is 0 Å². The first kappa shape index (κ1) is 26.5. The third-order valence-corrected chi connectivity index (χ3v) is 8.62. The molecule has 5 heterocycles. The Balaban J connectivity index is 1.17. The number of likely N-dealkylation sites (tertiary alicyclic amines) is 1. The van der Waals surface area contributed by atoms with E-state index in [1.165, 1.54) is 12.1 Å². The Labute approximate surface area is 243 Å². The summed E-state index contributed by atoms with van der Waals surface area (Å²) in [7, 11) is 0. The maximum Gasteiger partial charge on any atom is 0.256 e. The molecule has 2 fully saturated rings. The zero-order valence-corrected chi connectivity index (χ0v) is 23.7. The van der Waals surface area contributed by atoms with E-state index in [0.29, 0.717) is 43.2 Å². The Morgan fingerprint density at radius 3 is 2.67 bits per heavy atom. The predicted octanol–water partition coefficient (Wildman–Crippen LogP) is 6.18. The molecule has 1 amide bonds. The number of hydrogen-bond acceptors (Lipinski definition) is 5. The van der Waals surface area contributed by atoms with Gasteiger partial charge in [-0.1, -0.05) is 12.1 Å². The van der Waals surface area contributed by atoms with E-state index < -0.39 is 0 Å². The summed E-state index contributed by atoms with van der Waals surface area (Å²) in [6.07, 6.45) is 11.5. The van der Waals surface area contributed by atoms with Gasteiger partial charge in [0, 0.05) is 61.4 Å². The molecule has 1 saturated carbocycles. The highest BCUT2D eigenvalue weighted by Crippen LogP contribution is 2.35. The first-order valence-corrected chi connectivity index (χ1v) is 14.9. The highest BCUT2D eigenvalue weighted by Gasteiger charge is 2.32. The molecule has 0 N–H and O–H groups in total. The number of halogens is 1. The molecular weight excluding hydrogens is 531 g/mol. The molecule has 214 valence electrons. The molecule has 0 unspecified atom stereocenters. The van der Waals surface area contributed by atoms with E-state index in [-0.39, 0.29) is 17.8 Å². The zero-order valence-electron chi connectivity index (χ0n) is 23.7. The minimum Gasteiger partial charge on any atom is -0.332 e. The molecule has 4 aromatic heterocycles. The van der Waals surface area contributed by atoms with E-state index in [9.17, 15) is 14.0 Å². The molecular formula is C33H33FN6O2. The van der Waals surface area contributed by atoms with Gasteiger partial charge in [0.2, 0.25) is 0 Å². The van der Waals surface area contributed by atoms with Crippen LogP contribution in [-0.2, 0) is 17.8 Å². The van der Waals surface area contributed by atoms with Gasteiger partial charge in [-0.15, -0.1) is 0 Å². The van der Waals surface area contributed by atoms with Gasteiger partial charge in [0.1, 0.15) is 17.2 Å². The second-order valence-corrected chi connectivity index (χ2v) is 11.5. The van der Waals surface area contributed by atoms with Crippen LogP contribution >= 0.6 is 0 Å². The number of amides is 1. The van der Waals surface area contributed by atoms with Crippen molar-refractivity contribution in [2.24, 2.45) is 5.92 Å². The van der Waals surface area contributed by atoms with Gasteiger partial charge < -0.3 is 9.47 Å². The third-order valence-electron chi connectivity index (χ3n) is 8.62. The smallest absolute Gasteiger partial charge is 0.256 e. The highest BCUT2D eigenvalue weighted by molar-refractivity contribution is 6.07. The number of nitrogens with zero attached hydrogens (tertiary/aromatic N) is 6. The summed E-state index contributed by atoms with van der Waals surface area (Å²) in [6.45, 7) is 3.39. The van der Waals surface area contributed by atoms with Gasteiger partial charge in [0.15, 0.2) is 11.5 Å². The lowest BCUT2D eigenvalue weighted by Gasteiger charge is -2.25. The highest BCUT2D eigenvalue weighted by atomic mass is 19.1. The summed E-state index contributed by atoms with van der Waals surface area (Å²) >= 11 is 0. The Bertz CT molecular complexity index is 1800. The van der Waals surface area contributed by atoms with Crippen molar-refractivity contribution in [3.05, 3.63) is 83.8 Å². The van der Waals surface area contributed by atoms with Gasteiger partial charge in [-0.3, -0.25) is 9.59 Å². The minimum atomic E-state index is -0.278. The van der Waals surface area contributed by atoms with Crippen molar-refractivity contribution >= 4 is 28.4 Å². The van der Waals surface area contributed by atoms with Crippen LogP contribution in [0.5, 0.6) is 0 Å². The molecule has 1 atom stereocenters. The number of hydrogen-bond donors (Lipinski definition) is 0. The van der Waals surface area contributed by atoms with Crippen molar-refractivity contribution in [1.82, 2.24) is 29.0 Å². The summed E-state index contributed by atoms with van der Waals surface area (Å²) in [5, 5.41) is 5.40. The number of benzene rings is 1. The summed E-state index contributed by atoms with van der Waals surface area (Å²) in [6, 6.07) is 12.4. The van der Waals surface area contributed by atoms with Crippen molar-refractivity contribution in [3.63, 3.8) is 0 Å². The van der Waals surface area contributed by atoms with E-state index in [2.05, 4.69) is 5.10 Å². The molecule has 1 aliphatic carbocycles. The number of pyridine rings is 2. The lowest BCUT2D eigenvalue weighted by atomic mass is 10.0. The van der Waals surface area contributed by atoms with E-state index >= 15 is 0 Å². The fourth-order valence-electron chi connectivity index (χ4n) is 6.18. The molecule has 7 rings (SSSR count). The van der Waals surface area contributed by atoms with Crippen molar-refractivity contribution in [3.8, 4) is 11.1 Å². The van der Waals surface area contributed by atoms with E-state index in [4.69, 9.17) is 9.97 Å². The molecule has 42 heavy (non-hydrogen) atoms. The summed E-state index contributed by atoms with van der Waals surface area (Å²) < 4.78 is 17.3. The van der Waals surface area contributed by atoms with Crippen LogP contribution in [0, 0.1) is 11.7 Å². The Morgan fingerprint density at radius 1 is 1.05 bits per heavy atom. The maximum absolute atomic E-state index is 14.0. The van der Waals surface area contributed by atoms with Gasteiger partial charge in [-0.2, -0.15) is 5.10 Å². The lowest BCUT2D eigenvalue weighted by molar-refractivity contribution is -0.120. The van der Waals surface area contributed by atoms with Gasteiger partial charge in [-0.05, 0) is 80.5 Å². The summed E-state index contributed by atoms with van der Waals surface area (Å²) in [5.74, 6) is 1.09. The topological polar surface area (TPSA) is 85.4 Å². The van der Waals surface area contributed by atoms with Crippen molar-refractivity contribution in [2.45, 2.75) is 64.5 Å². The van der Waals surface area contributed by atoms with Gasteiger partial charge in [-0.25, -0.2) is 18.9 Å². The number of Topliss-reactive ketones (excluding diaryl/α,β-unsaturated/α-hetero) is 1. The minimum absolute atomic E-state index is 0.0318. The van der Waals surface area contributed by atoms with Crippen LogP contribution in [0.4, 0.5) is 4.39 Å². The van der Waals surface area contributed by atoms with Crippen LogP contribution in [-0.4, -0.2) is 47.3 Å². The Morgan fingerprint density at radius 2 is 1.88 bits per heavy atom. The van der Waals surface area contributed by atoms with E-state index in [1.807, 2.05) is 53.2 Å². The Hall–Kier alpha value is -4.40. The van der Waals surface area contributed by atoms with Crippen molar-refractivity contribution in [1.29, 1.82) is 0 Å². The van der Waals surface area contributed by atoms with Crippen LogP contribution < -0.4 is 0 Å².